The zero-order valence-corrected chi connectivity index (χ0v) is 16.2. The molecule has 1 aliphatic heterocycles. The average Bonchev–Trinajstić information content (AvgIpc) is 3.35. The van der Waals surface area contributed by atoms with E-state index in [-0.39, 0.29) is 12.3 Å². The predicted molar refractivity (Wildman–Crippen MR) is 107 cm³/mol. The van der Waals surface area contributed by atoms with Gasteiger partial charge in [-0.2, -0.15) is 13.2 Å². The molecule has 1 saturated heterocycles. The fraction of sp³-hybridized carbons (Fsp3) is 0.348. The Balaban J connectivity index is 1.80. The number of para-hydroxylation sites is 1. The van der Waals surface area contributed by atoms with Gasteiger partial charge in [0.25, 0.3) is 0 Å². The molecule has 0 unspecified atom stereocenters. The van der Waals surface area contributed by atoms with Crippen LogP contribution in [0.25, 0.3) is 10.9 Å². The minimum atomic E-state index is -4.42. The zero-order chi connectivity index (χ0) is 20.6. The molecule has 3 aromatic rings. The molecule has 0 aliphatic carbocycles. The molecule has 2 heterocycles. The maximum absolute atomic E-state index is 13.3. The first-order valence-corrected chi connectivity index (χ1v) is 9.83. The van der Waals surface area contributed by atoms with Gasteiger partial charge in [-0.3, -0.25) is 4.79 Å². The van der Waals surface area contributed by atoms with Crippen LogP contribution in [0.2, 0.25) is 0 Å². The summed E-state index contributed by atoms with van der Waals surface area (Å²) in [5.41, 5.74) is 1.71. The average molecular weight is 400 g/mol. The number of carbonyl (C=O) groups excluding carboxylic acids is 1. The van der Waals surface area contributed by atoms with Gasteiger partial charge in [0, 0.05) is 49.6 Å². The Morgan fingerprint density at radius 2 is 1.79 bits per heavy atom. The third-order valence-corrected chi connectivity index (χ3v) is 5.76. The minimum Gasteiger partial charge on any atom is -0.350 e. The molecule has 0 N–H and O–H groups in total. The molecule has 1 aliphatic rings. The lowest BCUT2D eigenvalue weighted by molar-refractivity contribution is -0.137. The highest BCUT2D eigenvalue weighted by atomic mass is 19.4. The topological polar surface area (TPSA) is 25.2 Å². The summed E-state index contributed by atoms with van der Waals surface area (Å²) in [6.45, 7) is 1.45. The Kier molecular flexibility index (Phi) is 5.11. The number of hydrogen-bond donors (Lipinski definition) is 0. The van der Waals surface area contributed by atoms with Crippen molar-refractivity contribution in [2.75, 3.05) is 13.1 Å². The second-order valence-electron chi connectivity index (χ2n) is 7.68. The van der Waals surface area contributed by atoms with Crippen molar-refractivity contribution in [3.05, 3.63) is 71.4 Å². The summed E-state index contributed by atoms with van der Waals surface area (Å²) in [4.78, 5) is 14.7. The van der Waals surface area contributed by atoms with Crippen LogP contribution >= 0.6 is 0 Å². The van der Waals surface area contributed by atoms with Crippen LogP contribution < -0.4 is 0 Å². The Morgan fingerprint density at radius 1 is 1.07 bits per heavy atom. The molecule has 4 rings (SSSR count). The van der Waals surface area contributed by atoms with Crippen molar-refractivity contribution in [2.45, 2.75) is 31.4 Å². The summed E-state index contributed by atoms with van der Waals surface area (Å²) >= 11 is 0. The standard InChI is InChI=1S/C23H23F3N2O/c1-27-15-20(18-9-2-3-10-21(18)27)19(14-22(29)28-11-4-5-12-28)16-7-6-8-17(13-16)23(24,25)26/h2-3,6-10,13,15,19H,4-5,11-12,14H2,1H3/t19-/m0/s1. The fourth-order valence-electron chi connectivity index (χ4n) is 4.26. The molecule has 29 heavy (non-hydrogen) atoms. The highest BCUT2D eigenvalue weighted by molar-refractivity contribution is 5.86. The monoisotopic (exact) mass is 400 g/mol. The number of likely N-dealkylation sites (tertiary alicyclic amines) is 1. The van der Waals surface area contributed by atoms with E-state index in [4.69, 9.17) is 0 Å². The number of alkyl halides is 3. The van der Waals surface area contributed by atoms with Crippen molar-refractivity contribution in [3.8, 4) is 0 Å². The minimum absolute atomic E-state index is 0.00199. The third-order valence-electron chi connectivity index (χ3n) is 5.76. The molecular weight excluding hydrogens is 377 g/mol. The van der Waals surface area contributed by atoms with Gasteiger partial charge in [-0.25, -0.2) is 0 Å². The van der Waals surface area contributed by atoms with Gasteiger partial charge in [-0.05, 0) is 36.1 Å². The van der Waals surface area contributed by atoms with Gasteiger partial charge in [0.1, 0.15) is 0 Å². The SMILES string of the molecule is Cn1cc([C@@H](CC(=O)N2CCCC2)c2cccc(C(F)(F)F)c2)c2ccccc21. The van der Waals surface area contributed by atoms with Crippen molar-refractivity contribution in [1.29, 1.82) is 0 Å². The summed E-state index contributed by atoms with van der Waals surface area (Å²) < 4.78 is 41.9. The molecule has 0 spiro atoms. The van der Waals surface area contributed by atoms with Crippen LogP contribution in [0.15, 0.2) is 54.7 Å². The fourth-order valence-corrected chi connectivity index (χ4v) is 4.26. The van der Waals surface area contributed by atoms with Crippen molar-refractivity contribution in [2.24, 2.45) is 7.05 Å². The van der Waals surface area contributed by atoms with Gasteiger partial charge in [0.2, 0.25) is 5.91 Å². The summed E-state index contributed by atoms with van der Waals surface area (Å²) in [5.74, 6) is -0.436. The van der Waals surface area contributed by atoms with Gasteiger partial charge < -0.3 is 9.47 Å². The second-order valence-corrected chi connectivity index (χ2v) is 7.68. The Hall–Kier alpha value is -2.76. The summed E-state index contributed by atoms with van der Waals surface area (Å²) in [6, 6.07) is 13.2. The first-order valence-electron chi connectivity index (χ1n) is 9.83. The predicted octanol–water partition coefficient (Wildman–Crippen LogP) is 5.34. The van der Waals surface area contributed by atoms with Crippen molar-refractivity contribution >= 4 is 16.8 Å². The number of hydrogen-bond acceptors (Lipinski definition) is 1. The number of aromatic nitrogens is 1. The van der Waals surface area contributed by atoms with Crippen LogP contribution in [0.1, 0.15) is 41.9 Å². The Morgan fingerprint density at radius 3 is 2.52 bits per heavy atom. The number of halogens is 3. The molecule has 0 bridgehead atoms. The van der Waals surface area contributed by atoms with Gasteiger partial charge in [-0.1, -0.05) is 36.4 Å². The van der Waals surface area contributed by atoms with Gasteiger partial charge in [-0.15, -0.1) is 0 Å². The van der Waals surface area contributed by atoms with Crippen LogP contribution in [-0.4, -0.2) is 28.5 Å². The number of amides is 1. The molecule has 152 valence electrons. The van der Waals surface area contributed by atoms with E-state index in [1.165, 1.54) is 12.1 Å². The normalized spacial score (nSPS) is 15.8. The molecule has 3 nitrogen and oxygen atoms in total. The van der Waals surface area contributed by atoms with Gasteiger partial charge >= 0.3 is 6.18 Å². The number of rotatable bonds is 4. The molecule has 1 atom stereocenters. The van der Waals surface area contributed by atoms with E-state index < -0.39 is 17.7 Å². The molecule has 0 radical (unpaired) electrons. The van der Waals surface area contributed by atoms with E-state index in [9.17, 15) is 18.0 Å². The Labute approximate surface area is 167 Å². The molecular formula is C23H23F3N2O. The van der Waals surface area contributed by atoms with Crippen LogP contribution in [0.5, 0.6) is 0 Å². The second kappa shape index (κ2) is 7.58. The van der Waals surface area contributed by atoms with Gasteiger partial charge in [0.05, 0.1) is 5.56 Å². The molecule has 2 aromatic carbocycles. The van der Waals surface area contributed by atoms with E-state index in [1.54, 1.807) is 6.07 Å². The lowest BCUT2D eigenvalue weighted by Crippen LogP contribution is -2.29. The first-order chi connectivity index (χ1) is 13.8. The number of benzene rings is 2. The smallest absolute Gasteiger partial charge is 0.350 e. The highest BCUT2D eigenvalue weighted by Crippen LogP contribution is 2.38. The van der Waals surface area contributed by atoms with E-state index >= 15 is 0 Å². The summed E-state index contributed by atoms with van der Waals surface area (Å²) in [6.07, 6.45) is -0.358. The molecule has 6 heteroatoms. The summed E-state index contributed by atoms with van der Waals surface area (Å²) in [7, 11) is 1.91. The van der Waals surface area contributed by atoms with Crippen LogP contribution in [0.4, 0.5) is 13.2 Å². The van der Waals surface area contributed by atoms with Crippen molar-refractivity contribution in [3.63, 3.8) is 0 Å². The molecule has 1 aromatic heterocycles. The van der Waals surface area contributed by atoms with E-state index in [1.807, 2.05) is 47.0 Å². The molecule has 1 amide bonds. The lowest BCUT2D eigenvalue weighted by Gasteiger charge is -2.22. The number of aryl methyl sites for hydroxylation is 1. The third kappa shape index (κ3) is 3.88. The van der Waals surface area contributed by atoms with Gasteiger partial charge in [0.15, 0.2) is 0 Å². The lowest BCUT2D eigenvalue weighted by atomic mass is 9.87. The number of carbonyl (C=O) groups is 1. The maximum atomic E-state index is 13.3. The zero-order valence-electron chi connectivity index (χ0n) is 16.2. The Bertz CT molecular complexity index is 1030. The van der Waals surface area contributed by atoms with E-state index in [0.29, 0.717) is 5.56 Å². The molecule has 0 saturated carbocycles. The number of fused-ring (bicyclic) bond motifs is 1. The van der Waals surface area contributed by atoms with Crippen LogP contribution in [0, 0.1) is 0 Å². The van der Waals surface area contributed by atoms with Crippen molar-refractivity contribution in [1.82, 2.24) is 9.47 Å². The number of nitrogens with zero attached hydrogens (tertiary/aromatic N) is 2. The highest BCUT2D eigenvalue weighted by Gasteiger charge is 2.32. The van der Waals surface area contributed by atoms with Crippen molar-refractivity contribution < 1.29 is 18.0 Å². The van der Waals surface area contributed by atoms with Crippen LogP contribution in [0.3, 0.4) is 0 Å². The largest absolute Gasteiger partial charge is 0.416 e. The van der Waals surface area contributed by atoms with E-state index in [0.717, 1.165) is 48.5 Å². The maximum Gasteiger partial charge on any atom is 0.416 e. The molecule has 1 fully saturated rings. The quantitative estimate of drug-likeness (QED) is 0.580. The first kappa shape index (κ1) is 19.6. The van der Waals surface area contributed by atoms with E-state index in [2.05, 4.69) is 0 Å². The van der Waals surface area contributed by atoms with Crippen LogP contribution in [-0.2, 0) is 18.0 Å². The summed E-state index contributed by atoms with van der Waals surface area (Å²) in [5, 5.41) is 0.964.